The molecule has 4 atom stereocenters. The zero-order valence-corrected chi connectivity index (χ0v) is 11.6. The van der Waals surface area contributed by atoms with Gasteiger partial charge in [0.2, 0.25) is 0 Å². The molecule has 1 aromatic rings. The minimum absolute atomic E-state index is 0.0818. The number of nitrogens with two attached hydrogens (primary N) is 1. The number of carbonyl (C=O) groups is 2. The number of hydrogen-bond acceptors (Lipinski definition) is 4. The van der Waals surface area contributed by atoms with E-state index in [0.29, 0.717) is 12.8 Å². The fourth-order valence-corrected chi connectivity index (χ4v) is 3.56. The molecule has 2 aliphatic rings. The molecule has 2 fully saturated rings. The van der Waals surface area contributed by atoms with Crippen molar-refractivity contribution in [2.45, 2.75) is 25.0 Å². The van der Waals surface area contributed by atoms with Gasteiger partial charge in [-0.15, -0.1) is 0 Å². The standard InChI is InChI=1S/C15H15F2NO4/c16-8-3-7(4-9(17)5-8)6-22-14(21)15(18)2-1-10-11(12(10)15)13(19)20/h3-5,10-12H,1-2,6,18H2,(H,19,20)/t10-,11-,12-,15-/m0/s1. The van der Waals surface area contributed by atoms with Crippen LogP contribution in [0.4, 0.5) is 8.78 Å². The molecule has 0 saturated heterocycles. The maximum atomic E-state index is 13.1. The fourth-order valence-electron chi connectivity index (χ4n) is 3.56. The molecule has 0 unspecified atom stereocenters. The Morgan fingerprint density at radius 2 is 1.95 bits per heavy atom. The lowest BCUT2D eigenvalue weighted by Crippen LogP contribution is -2.50. The van der Waals surface area contributed by atoms with E-state index in [2.05, 4.69) is 0 Å². The van der Waals surface area contributed by atoms with Gasteiger partial charge in [0, 0.05) is 12.0 Å². The third kappa shape index (κ3) is 2.35. The average molecular weight is 311 g/mol. The summed E-state index contributed by atoms with van der Waals surface area (Å²) < 4.78 is 31.2. The van der Waals surface area contributed by atoms with Crippen molar-refractivity contribution in [3.8, 4) is 0 Å². The van der Waals surface area contributed by atoms with Crippen molar-refractivity contribution in [2.24, 2.45) is 23.5 Å². The molecule has 0 radical (unpaired) electrons. The monoisotopic (exact) mass is 311 g/mol. The van der Waals surface area contributed by atoms with Crippen LogP contribution in [0.5, 0.6) is 0 Å². The molecular formula is C15H15F2NO4. The summed E-state index contributed by atoms with van der Waals surface area (Å²) in [7, 11) is 0. The Morgan fingerprint density at radius 3 is 2.50 bits per heavy atom. The van der Waals surface area contributed by atoms with Gasteiger partial charge in [0.25, 0.3) is 0 Å². The van der Waals surface area contributed by atoms with Gasteiger partial charge in [-0.1, -0.05) is 0 Å². The molecule has 0 aromatic heterocycles. The van der Waals surface area contributed by atoms with Crippen molar-refractivity contribution in [1.82, 2.24) is 0 Å². The Hall–Kier alpha value is -2.02. The number of fused-ring (bicyclic) bond motifs is 1. The Balaban J connectivity index is 1.66. The number of aliphatic carboxylic acids is 1. The molecule has 118 valence electrons. The first kappa shape index (κ1) is 14.9. The lowest BCUT2D eigenvalue weighted by Gasteiger charge is -2.24. The van der Waals surface area contributed by atoms with E-state index in [1.807, 2.05) is 0 Å². The second-order valence-corrected chi connectivity index (χ2v) is 5.99. The van der Waals surface area contributed by atoms with Crippen molar-refractivity contribution in [2.75, 3.05) is 0 Å². The molecule has 2 saturated carbocycles. The third-order valence-electron chi connectivity index (χ3n) is 4.61. The van der Waals surface area contributed by atoms with Crippen molar-refractivity contribution >= 4 is 11.9 Å². The Morgan fingerprint density at radius 1 is 1.32 bits per heavy atom. The van der Waals surface area contributed by atoms with Crippen molar-refractivity contribution in [1.29, 1.82) is 0 Å². The van der Waals surface area contributed by atoms with Crippen LogP contribution in [0.3, 0.4) is 0 Å². The second kappa shape index (κ2) is 5.01. The predicted octanol–water partition coefficient (Wildman–Crippen LogP) is 1.45. The number of carbonyl (C=O) groups excluding carboxylic acids is 1. The molecule has 0 aliphatic heterocycles. The number of rotatable bonds is 4. The molecule has 0 heterocycles. The average Bonchev–Trinajstić information content (AvgIpc) is 3.08. The van der Waals surface area contributed by atoms with Gasteiger partial charge < -0.3 is 15.6 Å². The van der Waals surface area contributed by atoms with Crippen LogP contribution < -0.4 is 5.73 Å². The minimum atomic E-state index is -1.32. The van der Waals surface area contributed by atoms with Gasteiger partial charge in [-0.2, -0.15) is 0 Å². The van der Waals surface area contributed by atoms with Crippen LogP contribution in [0.2, 0.25) is 0 Å². The molecule has 3 rings (SSSR count). The molecule has 0 bridgehead atoms. The first-order valence-electron chi connectivity index (χ1n) is 6.97. The van der Waals surface area contributed by atoms with Gasteiger partial charge in [-0.3, -0.25) is 9.59 Å². The zero-order valence-electron chi connectivity index (χ0n) is 11.6. The van der Waals surface area contributed by atoms with Crippen LogP contribution in [0.1, 0.15) is 18.4 Å². The van der Waals surface area contributed by atoms with Gasteiger partial charge in [-0.25, -0.2) is 8.78 Å². The summed E-state index contributed by atoms with van der Waals surface area (Å²) in [5.74, 6) is -4.29. The fraction of sp³-hybridized carbons (Fsp3) is 0.467. The van der Waals surface area contributed by atoms with E-state index >= 15 is 0 Å². The highest BCUT2D eigenvalue weighted by molar-refractivity contribution is 5.86. The molecule has 7 heteroatoms. The maximum Gasteiger partial charge on any atom is 0.326 e. The van der Waals surface area contributed by atoms with Gasteiger partial charge >= 0.3 is 11.9 Å². The quantitative estimate of drug-likeness (QED) is 0.821. The van der Waals surface area contributed by atoms with E-state index < -0.39 is 40.9 Å². The third-order valence-corrected chi connectivity index (χ3v) is 4.61. The normalized spacial score (nSPS) is 32.4. The topological polar surface area (TPSA) is 89.6 Å². The summed E-state index contributed by atoms with van der Waals surface area (Å²) in [5, 5.41) is 9.05. The highest BCUT2D eigenvalue weighted by Gasteiger charge is 2.70. The number of ether oxygens (including phenoxy) is 1. The van der Waals surface area contributed by atoms with Gasteiger partial charge in [0.15, 0.2) is 0 Å². The van der Waals surface area contributed by atoms with Crippen LogP contribution in [-0.2, 0) is 20.9 Å². The molecule has 22 heavy (non-hydrogen) atoms. The number of carboxylic acids is 1. The van der Waals surface area contributed by atoms with Crippen molar-refractivity contribution in [3.63, 3.8) is 0 Å². The van der Waals surface area contributed by atoms with Crippen LogP contribution in [0, 0.1) is 29.4 Å². The number of benzene rings is 1. The van der Waals surface area contributed by atoms with Crippen LogP contribution >= 0.6 is 0 Å². The number of hydrogen-bond donors (Lipinski definition) is 2. The SMILES string of the molecule is N[C@@]1(C(=O)OCc2cc(F)cc(F)c2)CC[C@H]2[C@H](C(=O)O)[C@H]21. The van der Waals surface area contributed by atoms with Crippen LogP contribution in [0.15, 0.2) is 18.2 Å². The molecule has 5 nitrogen and oxygen atoms in total. The van der Waals surface area contributed by atoms with E-state index in [9.17, 15) is 18.4 Å². The van der Waals surface area contributed by atoms with E-state index in [1.165, 1.54) is 0 Å². The van der Waals surface area contributed by atoms with E-state index in [1.54, 1.807) is 0 Å². The Labute approximate surface area is 125 Å². The highest BCUT2D eigenvalue weighted by atomic mass is 19.1. The van der Waals surface area contributed by atoms with Crippen molar-refractivity contribution in [3.05, 3.63) is 35.4 Å². The first-order valence-corrected chi connectivity index (χ1v) is 6.97. The summed E-state index contributed by atoms with van der Waals surface area (Å²) in [6, 6.07) is 2.85. The minimum Gasteiger partial charge on any atom is -0.481 e. The van der Waals surface area contributed by atoms with E-state index in [0.717, 1.165) is 18.2 Å². The first-order chi connectivity index (χ1) is 10.3. The lowest BCUT2D eigenvalue weighted by atomic mass is 9.91. The molecule has 2 aliphatic carbocycles. The highest BCUT2D eigenvalue weighted by Crippen LogP contribution is 2.61. The maximum absolute atomic E-state index is 13.1. The summed E-state index contributed by atoms with van der Waals surface area (Å²) in [6.07, 6.45) is 0.935. The smallest absolute Gasteiger partial charge is 0.326 e. The second-order valence-electron chi connectivity index (χ2n) is 5.99. The predicted molar refractivity (Wildman–Crippen MR) is 70.4 cm³/mol. The van der Waals surface area contributed by atoms with E-state index in [-0.39, 0.29) is 18.1 Å². The molecule has 3 N–H and O–H groups in total. The Bertz CT molecular complexity index is 630. The summed E-state index contributed by atoms with van der Waals surface area (Å²) in [6.45, 7) is -0.304. The van der Waals surface area contributed by atoms with Crippen LogP contribution in [0.25, 0.3) is 0 Å². The Kier molecular flexibility index (Phi) is 3.40. The summed E-state index contributed by atoms with van der Waals surface area (Å²) in [5.41, 5.74) is 4.91. The summed E-state index contributed by atoms with van der Waals surface area (Å²) >= 11 is 0. The molecule has 1 aromatic carbocycles. The number of carboxylic acid groups (broad SMARTS) is 1. The molecule has 0 spiro atoms. The largest absolute Gasteiger partial charge is 0.481 e. The van der Waals surface area contributed by atoms with Gasteiger partial charge in [0.1, 0.15) is 23.8 Å². The van der Waals surface area contributed by atoms with E-state index in [4.69, 9.17) is 15.6 Å². The number of halogens is 2. The zero-order chi connectivity index (χ0) is 16.1. The number of esters is 1. The lowest BCUT2D eigenvalue weighted by molar-refractivity contribution is -0.153. The van der Waals surface area contributed by atoms with Crippen molar-refractivity contribution < 1.29 is 28.2 Å². The molecular weight excluding hydrogens is 296 g/mol. The summed E-state index contributed by atoms with van der Waals surface area (Å²) in [4.78, 5) is 23.2. The van der Waals surface area contributed by atoms with Gasteiger partial charge in [-0.05, 0) is 36.5 Å². The van der Waals surface area contributed by atoms with Gasteiger partial charge in [0.05, 0.1) is 5.92 Å². The molecule has 0 amide bonds. The van der Waals surface area contributed by atoms with Crippen LogP contribution in [-0.4, -0.2) is 22.6 Å².